The van der Waals surface area contributed by atoms with E-state index in [1.54, 1.807) is 6.08 Å². The number of carbonyl (C=O) groups is 2. The minimum atomic E-state index is -0.533. The molecule has 0 fully saturated rings. The average molecular weight is 333 g/mol. The monoisotopic (exact) mass is 333 g/mol. The molecule has 1 N–H and O–H groups in total. The number of benzene rings is 2. The maximum absolute atomic E-state index is 12.5. The van der Waals surface area contributed by atoms with Crippen LogP contribution in [0.2, 0.25) is 0 Å². The summed E-state index contributed by atoms with van der Waals surface area (Å²) in [7, 11) is 0. The van der Waals surface area contributed by atoms with E-state index in [9.17, 15) is 9.59 Å². The molecule has 0 bridgehead atoms. The number of aromatic nitrogens is 1. The predicted molar refractivity (Wildman–Crippen MR) is 98.5 cm³/mol. The van der Waals surface area contributed by atoms with Crippen molar-refractivity contribution in [3.8, 4) is 0 Å². The molecule has 0 aliphatic rings. The van der Waals surface area contributed by atoms with Crippen LogP contribution in [0.1, 0.15) is 27.2 Å². The Kier molecular flexibility index (Phi) is 4.80. The van der Waals surface area contributed by atoms with E-state index >= 15 is 0 Å². The van der Waals surface area contributed by atoms with Crippen LogP contribution in [-0.4, -0.2) is 23.3 Å². The molecule has 3 aromatic rings. The fraction of sp³-hybridized carbons (Fsp3) is 0.143. The van der Waals surface area contributed by atoms with Crippen molar-refractivity contribution in [2.24, 2.45) is 0 Å². The van der Waals surface area contributed by atoms with Crippen LogP contribution < -0.4 is 0 Å². The molecule has 0 radical (unpaired) electrons. The van der Waals surface area contributed by atoms with Crippen LogP contribution in [0.25, 0.3) is 17.0 Å². The first-order valence-corrected chi connectivity index (χ1v) is 8.07. The van der Waals surface area contributed by atoms with Crippen molar-refractivity contribution in [1.82, 2.24) is 4.98 Å². The highest BCUT2D eigenvalue weighted by Gasteiger charge is 2.16. The van der Waals surface area contributed by atoms with Crippen LogP contribution in [0.4, 0.5) is 0 Å². The second-order valence-corrected chi connectivity index (χ2v) is 5.89. The lowest BCUT2D eigenvalue weighted by Gasteiger charge is -2.03. The van der Waals surface area contributed by atoms with Crippen LogP contribution >= 0.6 is 0 Å². The second-order valence-electron chi connectivity index (χ2n) is 5.89. The molecule has 0 saturated carbocycles. The number of para-hydroxylation sites is 1. The minimum absolute atomic E-state index is 0.215. The van der Waals surface area contributed by atoms with Crippen LogP contribution in [-0.2, 0) is 9.53 Å². The van der Waals surface area contributed by atoms with Gasteiger partial charge in [0, 0.05) is 28.2 Å². The lowest BCUT2D eigenvalue weighted by molar-refractivity contribution is -0.136. The average Bonchev–Trinajstić information content (AvgIpc) is 2.94. The first-order valence-electron chi connectivity index (χ1n) is 8.07. The number of hydrogen-bond donors (Lipinski definition) is 1. The number of aryl methyl sites for hydroxylation is 2. The summed E-state index contributed by atoms with van der Waals surface area (Å²) < 4.78 is 5.10. The summed E-state index contributed by atoms with van der Waals surface area (Å²) >= 11 is 0. The zero-order valence-corrected chi connectivity index (χ0v) is 14.2. The highest BCUT2D eigenvalue weighted by atomic mass is 16.5. The number of ketones is 1. The standard InChI is InChI=1S/C21H19NO3/c1-14-7-3-4-8-16(14)11-12-20(24)25-13-19(23)21-15(2)22-18-10-6-5-9-17(18)21/h3-12,22H,13H2,1-2H3/b12-11+. The summed E-state index contributed by atoms with van der Waals surface area (Å²) in [5.74, 6) is -0.748. The largest absolute Gasteiger partial charge is 0.454 e. The van der Waals surface area contributed by atoms with Gasteiger partial charge in [-0.25, -0.2) is 4.79 Å². The molecular weight excluding hydrogens is 314 g/mol. The molecule has 0 unspecified atom stereocenters. The van der Waals surface area contributed by atoms with Gasteiger partial charge in [0.2, 0.25) is 5.78 Å². The van der Waals surface area contributed by atoms with Crippen LogP contribution in [0, 0.1) is 13.8 Å². The van der Waals surface area contributed by atoms with Gasteiger partial charge in [0.1, 0.15) is 0 Å². The van der Waals surface area contributed by atoms with Crippen molar-refractivity contribution in [3.05, 3.63) is 77.0 Å². The Morgan fingerprint density at radius 3 is 2.56 bits per heavy atom. The molecule has 0 atom stereocenters. The Morgan fingerprint density at radius 2 is 1.76 bits per heavy atom. The van der Waals surface area contributed by atoms with Gasteiger partial charge in [-0.2, -0.15) is 0 Å². The molecule has 1 aromatic heterocycles. The maximum Gasteiger partial charge on any atom is 0.331 e. The van der Waals surface area contributed by atoms with Crippen molar-refractivity contribution in [2.45, 2.75) is 13.8 Å². The fourth-order valence-corrected chi connectivity index (χ4v) is 2.82. The van der Waals surface area contributed by atoms with Crippen molar-refractivity contribution < 1.29 is 14.3 Å². The molecule has 0 saturated heterocycles. The van der Waals surface area contributed by atoms with Gasteiger partial charge in [-0.3, -0.25) is 4.79 Å². The molecule has 3 rings (SSSR count). The summed E-state index contributed by atoms with van der Waals surface area (Å²) in [6.07, 6.45) is 3.04. The molecule has 0 aliphatic heterocycles. The fourth-order valence-electron chi connectivity index (χ4n) is 2.82. The van der Waals surface area contributed by atoms with E-state index in [1.165, 1.54) is 6.08 Å². The number of Topliss-reactive ketones (excluding diaryl/α,β-unsaturated/α-hetero) is 1. The van der Waals surface area contributed by atoms with Crippen molar-refractivity contribution in [3.63, 3.8) is 0 Å². The summed E-state index contributed by atoms with van der Waals surface area (Å²) in [5.41, 5.74) is 4.26. The van der Waals surface area contributed by atoms with Crippen molar-refractivity contribution in [2.75, 3.05) is 6.61 Å². The third-order valence-electron chi connectivity index (χ3n) is 4.11. The van der Waals surface area contributed by atoms with E-state index in [4.69, 9.17) is 4.74 Å². The number of ether oxygens (including phenoxy) is 1. The van der Waals surface area contributed by atoms with E-state index in [-0.39, 0.29) is 12.4 Å². The number of H-pyrrole nitrogens is 1. The maximum atomic E-state index is 12.5. The zero-order chi connectivity index (χ0) is 17.8. The topological polar surface area (TPSA) is 59.2 Å². The molecule has 0 aliphatic carbocycles. The molecule has 4 nitrogen and oxygen atoms in total. The normalized spacial score (nSPS) is 11.1. The number of nitrogens with one attached hydrogen (secondary N) is 1. The Morgan fingerprint density at radius 1 is 1.04 bits per heavy atom. The highest BCUT2D eigenvalue weighted by Crippen LogP contribution is 2.22. The number of esters is 1. The van der Waals surface area contributed by atoms with Crippen molar-refractivity contribution >= 4 is 28.7 Å². The van der Waals surface area contributed by atoms with Gasteiger partial charge >= 0.3 is 5.97 Å². The lowest BCUT2D eigenvalue weighted by atomic mass is 10.1. The second kappa shape index (κ2) is 7.18. The molecule has 4 heteroatoms. The van der Waals surface area contributed by atoms with Gasteiger partial charge in [0.05, 0.1) is 0 Å². The molecule has 126 valence electrons. The van der Waals surface area contributed by atoms with E-state index in [2.05, 4.69) is 4.98 Å². The van der Waals surface area contributed by atoms with E-state index in [0.29, 0.717) is 5.56 Å². The quantitative estimate of drug-likeness (QED) is 0.432. The van der Waals surface area contributed by atoms with E-state index < -0.39 is 5.97 Å². The van der Waals surface area contributed by atoms with E-state index in [1.807, 2.05) is 62.4 Å². The number of hydrogen-bond acceptors (Lipinski definition) is 3. The summed E-state index contributed by atoms with van der Waals surface area (Å²) in [6, 6.07) is 15.3. The van der Waals surface area contributed by atoms with Gasteiger partial charge in [-0.1, -0.05) is 42.5 Å². The third-order valence-corrected chi connectivity index (χ3v) is 4.11. The molecule has 0 spiro atoms. The lowest BCUT2D eigenvalue weighted by Crippen LogP contribution is -2.13. The highest BCUT2D eigenvalue weighted by molar-refractivity contribution is 6.10. The SMILES string of the molecule is Cc1ccccc1/C=C/C(=O)OCC(=O)c1c(C)[nH]c2ccccc12. The molecule has 1 heterocycles. The zero-order valence-electron chi connectivity index (χ0n) is 14.2. The first-order chi connectivity index (χ1) is 12.1. The molecule has 2 aromatic carbocycles. The van der Waals surface area contributed by atoms with Crippen LogP contribution in [0.15, 0.2) is 54.6 Å². The molecule has 25 heavy (non-hydrogen) atoms. The summed E-state index contributed by atoms with van der Waals surface area (Å²) in [5, 5.41) is 0.844. The smallest absolute Gasteiger partial charge is 0.331 e. The van der Waals surface area contributed by atoms with E-state index in [0.717, 1.165) is 27.7 Å². The number of fused-ring (bicyclic) bond motifs is 1. The summed E-state index contributed by atoms with van der Waals surface area (Å²) in [6.45, 7) is 3.53. The van der Waals surface area contributed by atoms with Crippen molar-refractivity contribution in [1.29, 1.82) is 0 Å². The summed E-state index contributed by atoms with van der Waals surface area (Å²) in [4.78, 5) is 27.5. The number of rotatable bonds is 5. The Labute approximate surface area is 146 Å². The molecule has 0 amide bonds. The minimum Gasteiger partial charge on any atom is -0.454 e. The van der Waals surface area contributed by atoms with Gasteiger partial charge in [0.15, 0.2) is 6.61 Å². The number of carbonyl (C=O) groups excluding carboxylic acids is 2. The Bertz CT molecular complexity index is 966. The molecular formula is C21H19NO3. The predicted octanol–water partition coefficient (Wildman–Crippen LogP) is 4.22. The third kappa shape index (κ3) is 3.69. The Hall–Kier alpha value is -3.14. The van der Waals surface area contributed by atoms with Gasteiger partial charge < -0.3 is 9.72 Å². The Balaban J connectivity index is 1.67. The van der Waals surface area contributed by atoms with Crippen LogP contribution in [0.5, 0.6) is 0 Å². The van der Waals surface area contributed by atoms with Gasteiger partial charge in [-0.15, -0.1) is 0 Å². The van der Waals surface area contributed by atoms with Crippen LogP contribution in [0.3, 0.4) is 0 Å². The van der Waals surface area contributed by atoms with Gasteiger partial charge in [0.25, 0.3) is 0 Å². The first kappa shape index (κ1) is 16.7. The number of aromatic amines is 1. The van der Waals surface area contributed by atoms with Gasteiger partial charge in [-0.05, 0) is 37.1 Å².